The van der Waals surface area contributed by atoms with E-state index in [1.807, 2.05) is 24.3 Å². The van der Waals surface area contributed by atoms with Crippen LogP contribution in [-0.2, 0) is 11.2 Å². The molecule has 1 amide bonds. The SMILES string of the molecule is CC(=O)Nc1ccc(-c2cccc(CC(C)C)c2)cc1. The van der Waals surface area contributed by atoms with Crippen LogP contribution in [0, 0.1) is 5.92 Å². The first-order valence-electron chi connectivity index (χ1n) is 7.01. The fraction of sp³-hybridized carbons (Fsp3) is 0.278. The first-order chi connectivity index (χ1) is 9.54. The van der Waals surface area contributed by atoms with Crippen LogP contribution >= 0.6 is 0 Å². The van der Waals surface area contributed by atoms with E-state index in [4.69, 9.17) is 0 Å². The number of carbonyl (C=O) groups is 1. The molecule has 0 fully saturated rings. The summed E-state index contributed by atoms with van der Waals surface area (Å²) in [6.07, 6.45) is 1.10. The zero-order valence-electron chi connectivity index (χ0n) is 12.3. The molecule has 2 rings (SSSR count). The second-order valence-electron chi connectivity index (χ2n) is 5.56. The fourth-order valence-corrected chi connectivity index (χ4v) is 2.30. The molecule has 2 aromatic rings. The summed E-state index contributed by atoms with van der Waals surface area (Å²) >= 11 is 0. The molecule has 0 atom stereocenters. The van der Waals surface area contributed by atoms with Crippen molar-refractivity contribution in [2.45, 2.75) is 27.2 Å². The molecule has 0 aliphatic carbocycles. The molecular formula is C18H21NO. The summed E-state index contributed by atoms with van der Waals surface area (Å²) in [5.74, 6) is 0.615. The Morgan fingerprint density at radius 1 is 1.05 bits per heavy atom. The molecule has 1 N–H and O–H groups in total. The van der Waals surface area contributed by atoms with Gasteiger partial charge in [0.05, 0.1) is 0 Å². The van der Waals surface area contributed by atoms with Crippen molar-refractivity contribution in [1.29, 1.82) is 0 Å². The number of nitrogens with one attached hydrogen (secondary N) is 1. The lowest BCUT2D eigenvalue weighted by Gasteiger charge is -2.09. The van der Waals surface area contributed by atoms with Gasteiger partial charge in [-0.1, -0.05) is 50.2 Å². The maximum Gasteiger partial charge on any atom is 0.221 e. The highest BCUT2D eigenvalue weighted by molar-refractivity contribution is 5.89. The van der Waals surface area contributed by atoms with Crippen LogP contribution in [0.3, 0.4) is 0 Å². The maximum absolute atomic E-state index is 11.0. The number of anilines is 1. The van der Waals surface area contributed by atoms with Gasteiger partial charge in [0, 0.05) is 12.6 Å². The summed E-state index contributed by atoms with van der Waals surface area (Å²) in [7, 11) is 0. The van der Waals surface area contributed by atoms with E-state index in [0.29, 0.717) is 5.92 Å². The van der Waals surface area contributed by atoms with Gasteiger partial charge in [-0.3, -0.25) is 4.79 Å². The number of rotatable bonds is 4. The molecular weight excluding hydrogens is 246 g/mol. The fourth-order valence-electron chi connectivity index (χ4n) is 2.30. The van der Waals surface area contributed by atoms with Gasteiger partial charge in [0.15, 0.2) is 0 Å². The Kier molecular flexibility index (Phi) is 4.57. The normalized spacial score (nSPS) is 10.6. The first kappa shape index (κ1) is 14.3. The van der Waals surface area contributed by atoms with E-state index in [-0.39, 0.29) is 5.91 Å². The van der Waals surface area contributed by atoms with Crippen LogP contribution < -0.4 is 5.32 Å². The van der Waals surface area contributed by atoms with Gasteiger partial charge in [-0.05, 0) is 41.2 Å². The maximum atomic E-state index is 11.0. The minimum absolute atomic E-state index is 0.0447. The van der Waals surface area contributed by atoms with Gasteiger partial charge in [-0.25, -0.2) is 0 Å². The number of carbonyl (C=O) groups excluding carboxylic acids is 1. The van der Waals surface area contributed by atoms with Crippen LogP contribution in [-0.4, -0.2) is 5.91 Å². The standard InChI is InChI=1S/C18H21NO/c1-13(2)11-15-5-4-6-17(12-15)16-7-9-18(10-8-16)19-14(3)20/h4-10,12-13H,11H2,1-3H3,(H,19,20). The quantitative estimate of drug-likeness (QED) is 0.867. The highest BCUT2D eigenvalue weighted by Crippen LogP contribution is 2.23. The average Bonchev–Trinajstić information content (AvgIpc) is 2.38. The van der Waals surface area contributed by atoms with Gasteiger partial charge in [0.25, 0.3) is 0 Å². The summed E-state index contributed by atoms with van der Waals surface area (Å²) in [6, 6.07) is 16.6. The van der Waals surface area contributed by atoms with Crippen molar-refractivity contribution in [2.75, 3.05) is 5.32 Å². The van der Waals surface area contributed by atoms with E-state index in [0.717, 1.165) is 12.1 Å². The molecule has 2 heteroatoms. The molecule has 0 radical (unpaired) electrons. The van der Waals surface area contributed by atoms with Gasteiger partial charge in [-0.2, -0.15) is 0 Å². The Bertz CT molecular complexity index is 585. The second-order valence-corrected chi connectivity index (χ2v) is 5.56. The summed E-state index contributed by atoms with van der Waals surface area (Å²) < 4.78 is 0. The molecule has 0 heterocycles. The minimum atomic E-state index is -0.0447. The molecule has 0 aromatic heterocycles. The Morgan fingerprint density at radius 3 is 2.35 bits per heavy atom. The van der Waals surface area contributed by atoms with Crippen molar-refractivity contribution in [1.82, 2.24) is 0 Å². The van der Waals surface area contributed by atoms with Crippen LogP contribution in [0.4, 0.5) is 5.69 Å². The predicted molar refractivity (Wildman–Crippen MR) is 84.7 cm³/mol. The Balaban J connectivity index is 2.20. The third-order valence-electron chi connectivity index (χ3n) is 3.11. The van der Waals surface area contributed by atoms with Crippen LogP contribution in [0.1, 0.15) is 26.3 Å². The highest BCUT2D eigenvalue weighted by Gasteiger charge is 2.02. The largest absolute Gasteiger partial charge is 0.326 e. The van der Waals surface area contributed by atoms with Gasteiger partial charge in [-0.15, -0.1) is 0 Å². The molecule has 20 heavy (non-hydrogen) atoms. The Morgan fingerprint density at radius 2 is 1.75 bits per heavy atom. The predicted octanol–water partition coefficient (Wildman–Crippen LogP) is 4.51. The van der Waals surface area contributed by atoms with E-state index in [1.165, 1.54) is 23.6 Å². The van der Waals surface area contributed by atoms with Gasteiger partial charge >= 0.3 is 0 Å². The molecule has 0 aliphatic rings. The van der Waals surface area contributed by atoms with Crippen molar-refractivity contribution < 1.29 is 4.79 Å². The molecule has 0 saturated heterocycles. The zero-order valence-corrected chi connectivity index (χ0v) is 12.3. The van der Waals surface area contributed by atoms with E-state index in [9.17, 15) is 4.79 Å². The number of hydrogen-bond acceptors (Lipinski definition) is 1. The molecule has 0 saturated carbocycles. The van der Waals surface area contributed by atoms with Crippen molar-refractivity contribution in [2.24, 2.45) is 5.92 Å². The van der Waals surface area contributed by atoms with E-state index in [2.05, 4.69) is 43.4 Å². The summed E-state index contributed by atoms with van der Waals surface area (Å²) in [6.45, 7) is 5.98. The third-order valence-corrected chi connectivity index (χ3v) is 3.11. The zero-order chi connectivity index (χ0) is 14.5. The van der Waals surface area contributed by atoms with Gasteiger partial charge in [0.2, 0.25) is 5.91 Å². The molecule has 0 aliphatic heterocycles. The number of benzene rings is 2. The molecule has 0 bridgehead atoms. The Hall–Kier alpha value is -2.09. The lowest BCUT2D eigenvalue weighted by atomic mass is 9.98. The second kappa shape index (κ2) is 6.38. The summed E-state index contributed by atoms with van der Waals surface area (Å²) in [5.41, 5.74) is 4.59. The van der Waals surface area contributed by atoms with Crippen molar-refractivity contribution in [3.05, 3.63) is 54.1 Å². The minimum Gasteiger partial charge on any atom is -0.326 e. The molecule has 0 spiro atoms. The molecule has 0 unspecified atom stereocenters. The monoisotopic (exact) mass is 267 g/mol. The number of hydrogen-bond donors (Lipinski definition) is 1. The highest BCUT2D eigenvalue weighted by atomic mass is 16.1. The summed E-state index contributed by atoms with van der Waals surface area (Å²) in [5, 5.41) is 2.78. The topological polar surface area (TPSA) is 29.1 Å². The third kappa shape index (κ3) is 3.95. The van der Waals surface area contributed by atoms with E-state index in [1.54, 1.807) is 0 Å². The van der Waals surface area contributed by atoms with Crippen LogP contribution in [0.5, 0.6) is 0 Å². The van der Waals surface area contributed by atoms with E-state index >= 15 is 0 Å². The van der Waals surface area contributed by atoms with Gasteiger partial charge in [0.1, 0.15) is 0 Å². The first-order valence-corrected chi connectivity index (χ1v) is 7.01. The van der Waals surface area contributed by atoms with Gasteiger partial charge < -0.3 is 5.32 Å². The average molecular weight is 267 g/mol. The molecule has 2 aromatic carbocycles. The van der Waals surface area contributed by atoms with Crippen LogP contribution in [0.15, 0.2) is 48.5 Å². The van der Waals surface area contributed by atoms with Crippen LogP contribution in [0.25, 0.3) is 11.1 Å². The van der Waals surface area contributed by atoms with Crippen molar-refractivity contribution in [3.63, 3.8) is 0 Å². The summed E-state index contributed by atoms with van der Waals surface area (Å²) in [4.78, 5) is 11.0. The number of amides is 1. The lowest BCUT2D eigenvalue weighted by molar-refractivity contribution is -0.114. The van der Waals surface area contributed by atoms with E-state index < -0.39 is 0 Å². The molecule has 2 nitrogen and oxygen atoms in total. The van der Waals surface area contributed by atoms with Crippen molar-refractivity contribution >= 4 is 11.6 Å². The smallest absolute Gasteiger partial charge is 0.221 e. The molecule has 104 valence electrons. The lowest BCUT2D eigenvalue weighted by Crippen LogP contribution is -2.05. The van der Waals surface area contributed by atoms with Crippen molar-refractivity contribution in [3.8, 4) is 11.1 Å². The Labute approximate surface area is 120 Å². The van der Waals surface area contributed by atoms with Crippen LogP contribution in [0.2, 0.25) is 0 Å².